The van der Waals surface area contributed by atoms with Crippen molar-refractivity contribution in [1.82, 2.24) is 14.9 Å². The third kappa shape index (κ3) is 2.96. The topological polar surface area (TPSA) is 70.3 Å². The Bertz CT molecular complexity index is 414. The predicted octanol–water partition coefficient (Wildman–Crippen LogP) is 0.991. The monoisotopic (exact) mass is 264 g/mol. The van der Waals surface area contributed by atoms with E-state index in [-0.39, 0.29) is 0 Å². The summed E-state index contributed by atoms with van der Waals surface area (Å²) in [7, 11) is 2.11. The lowest BCUT2D eigenvalue weighted by atomic mass is 10.0. The first-order valence-corrected chi connectivity index (χ1v) is 6.90. The standard InChI is InChI=1S/C13H24N6/c1-4-19-7-5-11(6-8-19)18(3)13-10(2)12(17-14)15-9-16-13/h9,11H,4-8,14H2,1-3H3,(H,15,16,17). The summed E-state index contributed by atoms with van der Waals surface area (Å²) >= 11 is 0. The average Bonchev–Trinajstić information content (AvgIpc) is 2.47. The second kappa shape index (κ2) is 6.16. The molecule has 1 aliphatic heterocycles. The highest BCUT2D eigenvalue weighted by Gasteiger charge is 2.24. The summed E-state index contributed by atoms with van der Waals surface area (Å²) in [6.07, 6.45) is 3.92. The SMILES string of the molecule is CCN1CCC(N(C)c2ncnc(NN)c2C)CC1. The Kier molecular flexibility index (Phi) is 4.55. The van der Waals surface area contributed by atoms with Crippen molar-refractivity contribution in [2.75, 3.05) is 37.0 Å². The Labute approximate surface area is 115 Å². The molecule has 2 heterocycles. The second-order valence-corrected chi connectivity index (χ2v) is 5.09. The lowest BCUT2D eigenvalue weighted by molar-refractivity contribution is 0.220. The van der Waals surface area contributed by atoms with Crippen LogP contribution in [0.5, 0.6) is 0 Å². The van der Waals surface area contributed by atoms with Crippen LogP contribution in [-0.2, 0) is 0 Å². The molecule has 6 heteroatoms. The fourth-order valence-electron chi connectivity index (χ4n) is 2.74. The van der Waals surface area contributed by atoms with E-state index in [1.54, 1.807) is 6.33 Å². The Hall–Kier alpha value is -1.40. The molecule has 0 aliphatic carbocycles. The number of likely N-dealkylation sites (tertiary alicyclic amines) is 1. The Morgan fingerprint density at radius 3 is 2.68 bits per heavy atom. The molecule has 0 saturated carbocycles. The summed E-state index contributed by atoms with van der Waals surface area (Å²) in [5.41, 5.74) is 3.63. The normalized spacial score (nSPS) is 17.5. The summed E-state index contributed by atoms with van der Waals surface area (Å²) in [5.74, 6) is 7.14. The molecule has 3 N–H and O–H groups in total. The highest BCUT2D eigenvalue weighted by atomic mass is 15.3. The molecule has 1 saturated heterocycles. The first-order valence-electron chi connectivity index (χ1n) is 6.90. The van der Waals surface area contributed by atoms with Gasteiger partial charge in [-0.3, -0.25) is 0 Å². The molecule has 0 spiro atoms. The molecule has 0 amide bonds. The van der Waals surface area contributed by atoms with Gasteiger partial charge in [0.25, 0.3) is 0 Å². The first kappa shape index (κ1) is 14.0. The van der Waals surface area contributed by atoms with Crippen molar-refractivity contribution < 1.29 is 0 Å². The van der Waals surface area contributed by atoms with Gasteiger partial charge in [-0.25, -0.2) is 15.8 Å². The molecule has 1 aromatic rings. The van der Waals surface area contributed by atoms with E-state index in [9.17, 15) is 0 Å². The lowest BCUT2D eigenvalue weighted by Crippen LogP contribution is -2.43. The van der Waals surface area contributed by atoms with E-state index < -0.39 is 0 Å². The highest BCUT2D eigenvalue weighted by Crippen LogP contribution is 2.25. The van der Waals surface area contributed by atoms with Crippen LogP contribution in [0.1, 0.15) is 25.3 Å². The van der Waals surface area contributed by atoms with E-state index in [0.29, 0.717) is 11.9 Å². The fraction of sp³-hybridized carbons (Fsp3) is 0.692. The zero-order chi connectivity index (χ0) is 13.8. The van der Waals surface area contributed by atoms with Gasteiger partial charge in [0.1, 0.15) is 18.0 Å². The van der Waals surface area contributed by atoms with Crippen LogP contribution in [0.3, 0.4) is 0 Å². The number of nitrogens with one attached hydrogen (secondary N) is 1. The number of nitrogens with two attached hydrogens (primary N) is 1. The smallest absolute Gasteiger partial charge is 0.148 e. The quantitative estimate of drug-likeness (QED) is 0.624. The first-order chi connectivity index (χ1) is 9.17. The van der Waals surface area contributed by atoms with Crippen LogP contribution in [0.4, 0.5) is 11.6 Å². The van der Waals surface area contributed by atoms with Crippen molar-refractivity contribution in [1.29, 1.82) is 0 Å². The molecule has 1 aromatic heterocycles. The Balaban J connectivity index is 2.10. The molecule has 1 aliphatic rings. The van der Waals surface area contributed by atoms with Crippen LogP contribution < -0.4 is 16.2 Å². The zero-order valence-corrected chi connectivity index (χ0v) is 12.1. The molecule has 0 radical (unpaired) electrons. The van der Waals surface area contributed by atoms with Gasteiger partial charge in [0.15, 0.2) is 0 Å². The maximum absolute atomic E-state index is 5.47. The number of rotatable bonds is 4. The van der Waals surface area contributed by atoms with Gasteiger partial charge < -0.3 is 15.2 Å². The minimum Gasteiger partial charge on any atom is -0.356 e. The van der Waals surface area contributed by atoms with Crippen molar-refractivity contribution in [3.8, 4) is 0 Å². The van der Waals surface area contributed by atoms with E-state index >= 15 is 0 Å². The number of hydrazine groups is 1. The molecule has 106 valence electrons. The minimum absolute atomic E-state index is 0.544. The number of hydrogen-bond donors (Lipinski definition) is 2. The number of nitrogen functional groups attached to an aromatic ring is 1. The van der Waals surface area contributed by atoms with Gasteiger partial charge in [0, 0.05) is 31.7 Å². The van der Waals surface area contributed by atoms with E-state index in [1.807, 2.05) is 6.92 Å². The molecule has 19 heavy (non-hydrogen) atoms. The molecule has 1 fully saturated rings. The fourth-order valence-corrected chi connectivity index (χ4v) is 2.74. The van der Waals surface area contributed by atoms with Crippen LogP contribution in [0.25, 0.3) is 0 Å². The number of aromatic nitrogens is 2. The molecular weight excluding hydrogens is 240 g/mol. The second-order valence-electron chi connectivity index (χ2n) is 5.09. The maximum atomic E-state index is 5.47. The summed E-state index contributed by atoms with van der Waals surface area (Å²) in [6, 6.07) is 0.544. The van der Waals surface area contributed by atoms with E-state index in [1.165, 1.54) is 12.8 Å². The summed E-state index contributed by atoms with van der Waals surface area (Å²) < 4.78 is 0. The number of anilines is 2. The van der Waals surface area contributed by atoms with Crippen LogP contribution in [0.15, 0.2) is 6.33 Å². The van der Waals surface area contributed by atoms with Crippen molar-refractivity contribution >= 4 is 11.6 Å². The third-order valence-corrected chi connectivity index (χ3v) is 4.08. The van der Waals surface area contributed by atoms with E-state index in [2.05, 4.69) is 39.2 Å². The molecule has 6 nitrogen and oxygen atoms in total. The van der Waals surface area contributed by atoms with Crippen LogP contribution in [0, 0.1) is 6.92 Å². The minimum atomic E-state index is 0.544. The van der Waals surface area contributed by atoms with Gasteiger partial charge in [-0.2, -0.15) is 0 Å². The Morgan fingerprint density at radius 1 is 1.42 bits per heavy atom. The average molecular weight is 264 g/mol. The van der Waals surface area contributed by atoms with E-state index in [4.69, 9.17) is 5.84 Å². The number of piperidine rings is 1. The van der Waals surface area contributed by atoms with Crippen molar-refractivity contribution in [3.05, 3.63) is 11.9 Å². The van der Waals surface area contributed by atoms with Crippen LogP contribution >= 0.6 is 0 Å². The van der Waals surface area contributed by atoms with Gasteiger partial charge in [0.2, 0.25) is 0 Å². The molecule has 0 aromatic carbocycles. The molecule has 2 rings (SSSR count). The van der Waals surface area contributed by atoms with Gasteiger partial charge >= 0.3 is 0 Å². The maximum Gasteiger partial charge on any atom is 0.148 e. The van der Waals surface area contributed by atoms with E-state index in [0.717, 1.165) is 31.0 Å². The summed E-state index contributed by atoms with van der Waals surface area (Å²) in [5, 5.41) is 0. The van der Waals surface area contributed by atoms with Crippen LogP contribution in [0.2, 0.25) is 0 Å². The van der Waals surface area contributed by atoms with Crippen LogP contribution in [-0.4, -0.2) is 47.6 Å². The van der Waals surface area contributed by atoms with Gasteiger partial charge in [-0.15, -0.1) is 0 Å². The van der Waals surface area contributed by atoms with Crippen molar-refractivity contribution in [3.63, 3.8) is 0 Å². The highest BCUT2D eigenvalue weighted by molar-refractivity contribution is 5.57. The Morgan fingerprint density at radius 2 is 2.11 bits per heavy atom. The van der Waals surface area contributed by atoms with Gasteiger partial charge in [0.05, 0.1) is 0 Å². The molecule has 0 bridgehead atoms. The molecule has 0 atom stereocenters. The number of nitrogens with zero attached hydrogens (tertiary/aromatic N) is 4. The van der Waals surface area contributed by atoms with Gasteiger partial charge in [-0.1, -0.05) is 6.92 Å². The zero-order valence-electron chi connectivity index (χ0n) is 12.1. The van der Waals surface area contributed by atoms with Crippen molar-refractivity contribution in [2.24, 2.45) is 5.84 Å². The largest absolute Gasteiger partial charge is 0.356 e. The summed E-state index contributed by atoms with van der Waals surface area (Å²) in [6.45, 7) is 7.69. The third-order valence-electron chi connectivity index (χ3n) is 4.08. The summed E-state index contributed by atoms with van der Waals surface area (Å²) in [4.78, 5) is 13.3. The predicted molar refractivity (Wildman–Crippen MR) is 78.1 cm³/mol. The molecule has 0 unspecified atom stereocenters. The lowest BCUT2D eigenvalue weighted by Gasteiger charge is -2.37. The molecular formula is C13H24N6. The number of hydrogen-bond acceptors (Lipinski definition) is 6. The van der Waals surface area contributed by atoms with Crippen molar-refractivity contribution in [2.45, 2.75) is 32.7 Å². The van der Waals surface area contributed by atoms with Gasteiger partial charge in [-0.05, 0) is 26.3 Å².